The van der Waals surface area contributed by atoms with Crippen LogP contribution in [0.25, 0.3) is 0 Å². The maximum absolute atomic E-state index is 12.5. The number of benzene rings is 1. The lowest BCUT2D eigenvalue weighted by atomic mass is 10.1. The highest BCUT2D eigenvalue weighted by molar-refractivity contribution is 8.00. The van der Waals surface area contributed by atoms with Gasteiger partial charge in [0.1, 0.15) is 11.1 Å². The lowest BCUT2D eigenvalue weighted by Gasteiger charge is -2.15. The van der Waals surface area contributed by atoms with Gasteiger partial charge >= 0.3 is 0 Å². The second-order valence-electron chi connectivity index (χ2n) is 6.06. The van der Waals surface area contributed by atoms with E-state index in [0.717, 1.165) is 16.8 Å². The molecule has 26 heavy (non-hydrogen) atoms. The fraction of sp³-hybridized carbons (Fsp3) is 0.316. The number of nitrogens with one attached hydrogen (secondary N) is 1. The Bertz CT molecular complexity index is 921. The number of amides is 1. The summed E-state index contributed by atoms with van der Waals surface area (Å²) in [6.45, 7) is 7.74. The van der Waals surface area contributed by atoms with Crippen LogP contribution in [0.1, 0.15) is 29.3 Å². The van der Waals surface area contributed by atoms with Gasteiger partial charge in [0.05, 0.1) is 10.8 Å². The van der Waals surface area contributed by atoms with Gasteiger partial charge < -0.3 is 14.8 Å². The predicted octanol–water partition coefficient (Wildman–Crippen LogP) is 3.73. The van der Waals surface area contributed by atoms with Crippen LogP contribution in [0.5, 0.6) is 11.5 Å². The summed E-state index contributed by atoms with van der Waals surface area (Å²) in [6, 6.07) is 7.47. The molecule has 2 aromatic rings. The normalized spacial score (nSPS) is 13.2. The minimum absolute atomic E-state index is 0.171. The second-order valence-corrected chi connectivity index (χ2v) is 7.39. The summed E-state index contributed by atoms with van der Waals surface area (Å²) in [5.41, 5.74) is 3.94. The lowest BCUT2D eigenvalue weighted by molar-refractivity contribution is -0.115. The number of rotatable bonds is 4. The zero-order valence-corrected chi connectivity index (χ0v) is 15.9. The Morgan fingerprint density at radius 1 is 1.27 bits per heavy atom. The van der Waals surface area contributed by atoms with Crippen LogP contribution in [0, 0.1) is 32.1 Å². The first-order valence-electron chi connectivity index (χ1n) is 8.15. The molecule has 1 aromatic carbocycles. The number of nitriles is 1. The largest absolute Gasteiger partial charge is 0.454 e. The molecule has 0 radical (unpaired) electrons. The van der Waals surface area contributed by atoms with E-state index in [1.54, 1.807) is 25.1 Å². The molecule has 1 aliphatic rings. The Kier molecular flexibility index (Phi) is 5.05. The van der Waals surface area contributed by atoms with Crippen LogP contribution in [0.4, 0.5) is 5.69 Å². The van der Waals surface area contributed by atoms with Crippen LogP contribution in [0.3, 0.4) is 0 Å². The summed E-state index contributed by atoms with van der Waals surface area (Å²) in [7, 11) is 0. The molecular weight excluding hydrogens is 350 g/mol. The maximum atomic E-state index is 12.5. The van der Waals surface area contributed by atoms with Crippen molar-refractivity contribution in [1.29, 1.82) is 5.26 Å². The smallest absolute Gasteiger partial charge is 0.237 e. The van der Waals surface area contributed by atoms with Crippen molar-refractivity contribution in [2.24, 2.45) is 0 Å². The Morgan fingerprint density at radius 3 is 2.73 bits per heavy atom. The van der Waals surface area contributed by atoms with Crippen molar-refractivity contribution in [1.82, 2.24) is 4.98 Å². The van der Waals surface area contributed by atoms with Crippen molar-refractivity contribution in [3.8, 4) is 17.6 Å². The Hall–Kier alpha value is -2.72. The summed E-state index contributed by atoms with van der Waals surface area (Å²) in [5.74, 6) is 1.11. The molecule has 134 valence electrons. The van der Waals surface area contributed by atoms with Gasteiger partial charge in [0.2, 0.25) is 12.7 Å². The SMILES string of the molecule is Cc1nc(SC(C)C(=O)Nc2ccc3c(c2)OCO3)c(C#N)c(C)c1C. The number of ether oxygens (including phenoxy) is 2. The highest BCUT2D eigenvalue weighted by Gasteiger charge is 2.21. The number of carbonyl (C=O) groups is 1. The third-order valence-corrected chi connectivity index (χ3v) is 5.46. The number of thioether (sulfide) groups is 1. The third-order valence-electron chi connectivity index (χ3n) is 4.37. The number of carbonyl (C=O) groups excluding carboxylic acids is 1. The molecule has 1 amide bonds. The average molecular weight is 369 g/mol. The number of hydrogen-bond acceptors (Lipinski definition) is 6. The van der Waals surface area contributed by atoms with Crippen molar-refractivity contribution in [3.63, 3.8) is 0 Å². The van der Waals surface area contributed by atoms with E-state index in [9.17, 15) is 10.1 Å². The fourth-order valence-corrected chi connectivity index (χ4v) is 3.57. The first-order chi connectivity index (χ1) is 12.4. The van der Waals surface area contributed by atoms with Crippen molar-refractivity contribution < 1.29 is 14.3 Å². The van der Waals surface area contributed by atoms with E-state index < -0.39 is 5.25 Å². The highest BCUT2D eigenvalue weighted by atomic mass is 32.2. The van der Waals surface area contributed by atoms with Crippen LogP contribution in [0.15, 0.2) is 23.2 Å². The van der Waals surface area contributed by atoms with Crippen molar-refractivity contribution in [2.45, 2.75) is 38.0 Å². The molecular formula is C19H19N3O3S. The fourth-order valence-electron chi connectivity index (χ4n) is 2.57. The van der Waals surface area contributed by atoms with Gasteiger partial charge in [0.15, 0.2) is 11.5 Å². The first-order valence-corrected chi connectivity index (χ1v) is 9.03. The summed E-state index contributed by atoms with van der Waals surface area (Å²) in [6.07, 6.45) is 0. The Morgan fingerprint density at radius 2 is 2.00 bits per heavy atom. The number of nitrogens with zero attached hydrogens (tertiary/aromatic N) is 2. The number of aromatic nitrogens is 1. The van der Waals surface area contributed by atoms with Gasteiger partial charge in [-0.15, -0.1) is 0 Å². The molecule has 2 heterocycles. The molecule has 1 atom stereocenters. The van der Waals surface area contributed by atoms with Gasteiger partial charge in [-0.3, -0.25) is 4.79 Å². The molecule has 0 aliphatic carbocycles. The monoisotopic (exact) mass is 369 g/mol. The van der Waals surface area contributed by atoms with Crippen LogP contribution in [-0.4, -0.2) is 22.9 Å². The average Bonchev–Trinajstić information content (AvgIpc) is 3.07. The lowest BCUT2D eigenvalue weighted by Crippen LogP contribution is -2.22. The van der Waals surface area contributed by atoms with Gasteiger partial charge in [-0.05, 0) is 51.0 Å². The second kappa shape index (κ2) is 7.26. The van der Waals surface area contributed by atoms with E-state index in [0.29, 0.717) is 27.8 Å². The summed E-state index contributed by atoms with van der Waals surface area (Å²) in [4.78, 5) is 17.0. The molecule has 0 saturated carbocycles. The standard InChI is InChI=1S/C19H19N3O3S/c1-10-11(2)15(8-20)19(21-12(10)3)26-13(4)18(23)22-14-5-6-16-17(7-14)25-9-24-16/h5-7,13H,9H2,1-4H3,(H,22,23). The van der Waals surface area contributed by atoms with E-state index in [-0.39, 0.29) is 12.7 Å². The van der Waals surface area contributed by atoms with E-state index in [4.69, 9.17) is 9.47 Å². The van der Waals surface area contributed by atoms with Gasteiger partial charge in [-0.25, -0.2) is 4.98 Å². The summed E-state index contributed by atoms with van der Waals surface area (Å²) in [5, 5.41) is 12.5. The molecule has 7 heteroatoms. The van der Waals surface area contributed by atoms with E-state index in [1.165, 1.54) is 11.8 Å². The molecule has 0 spiro atoms. The molecule has 1 aromatic heterocycles. The summed E-state index contributed by atoms with van der Waals surface area (Å²) < 4.78 is 10.6. The molecule has 1 N–H and O–H groups in total. The Labute approximate surface area is 156 Å². The van der Waals surface area contributed by atoms with Crippen LogP contribution >= 0.6 is 11.8 Å². The van der Waals surface area contributed by atoms with E-state index in [1.807, 2.05) is 20.8 Å². The topological polar surface area (TPSA) is 84.2 Å². The molecule has 1 unspecified atom stereocenters. The minimum atomic E-state index is -0.415. The van der Waals surface area contributed by atoms with Crippen LogP contribution < -0.4 is 14.8 Å². The van der Waals surface area contributed by atoms with Gasteiger partial charge in [-0.2, -0.15) is 5.26 Å². The summed E-state index contributed by atoms with van der Waals surface area (Å²) >= 11 is 1.28. The zero-order valence-electron chi connectivity index (χ0n) is 15.0. The molecule has 0 fully saturated rings. The number of pyridine rings is 1. The van der Waals surface area contributed by atoms with Crippen LogP contribution in [-0.2, 0) is 4.79 Å². The maximum Gasteiger partial charge on any atom is 0.237 e. The van der Waals surface area contributed by atoms with Crippen molar-refractivity contribution in [2.75, 3.05) is 12.1 Å². The molecule has 0 bridgehead atoms. The van der Waals surface area contributed by atoms with E-state index in [2.05, 4.69) is 16.4 Å². The predicted molar refractivity (Wildman–Crippen MR) is 99.7 cm³/mol. The molecule has 0 saturated heterocycles. The van der Waals surface area contributed by atoms with Crippen molar-refractivity contribution >= 4 is 23.4 Å². The number of hydrogen-bond donors (Lipinski definition) is 1. The quantitative estimate of drug-likeness (QED) is 0.827. The van der Waals surface area contributed by atoms with Crippen LogP contribution in [0.2, 0.25) is 0 Å². The van der Waals surface area contributed by atoms with Crippen molar-refractivity contribution in [3.05, 3.63) is 40.6 Å². The first kappa shape index (κ1) is 18.1. The molecule has 6 nitrogen and oxygen atoms in total. The number of anilines is 1. The number of aryl methyl sites for hydroxylation is 1. The highest BCUT2D eigenvalue weighted by Crippen LogP contribution is 2.35. The van der Waals surface area contributed by atoms with Gasteiger partial charge in [0, 0.05) is 17.4 Å². The minimum Gasteiger partial charge on any atom is -0.454 e. The van der Waals surface area contributed by atoms with E-state index >= 15 is 0 Å². The molecule has 1 aliphatic heterocycles. The van der Waals surface area contributed by atoms with Gasteiger partial charge in [0.25, 0.3) is 0 Å². The molecule has 3 rings (SSSR count). The third kappa shape index (κ3) is 3.46. The van der Waals surface area contributed by atoms with Gasteiger partial charge in [-0.1, -0.05) is 11.8 Å². The number of fused-ring (bicyclic) bond motifs is 1. The zero-order chi connectivity index (χ0) is 18.8. The Balaban J connectivity index is 1.75.